The minimum absolute atomic E-state index is 0. The summed E-state index contributed by atoms with van der Waals surface area (Å²) < 4.78 is 7.51. The highest BCUT2D eigenvalue weighted by atomic mass is 35.5. The van der Waals surface area contributed by atoms with Crippen molar-refractivity contribution in [3.63, 3.8) is 0 Å². The van der Waals surface area contributed by atoms with E-state index in [4.69, 9.17) is 4.74 Å². The molecule has 0 N–H and O–H groups in total. The van der Waals surface area contributed by atoms with Crippen molar-refractivity contribution in [1.82, 2.24) is 0 Å². The van der Waals surface area contributed by atoms with E-state index in [9.17, 15) is 0 Å². The zero-order valence-corrected chi connectivity index (χ0v) is 11.3. The van der Waals surface area contributed by atoms with Gasteiger partial charge < -0.3 is 26.1 Å². The van der Waals surface area contributed by atoms with E-state index >= 15 is 0 Å². The van der Waals surface area contributed by atoms with Crippen molar-refractivity contribution in [3.05, 3.63) is 0 Å². The molecule has 0 aliphatic rings. The Morgan fingerprint density at radius 3 is 1.21 bits per heavy atom. The van der Waals surface area contributed by atoms with E-state index in [2.05, 4.69) is 42.3 Å². The molecule has 0 aromatic heterocycles. The first-order valence-electron chi connectivity index (χ1n) is 4.89. The number of rotatable bonds is 6. The normalized spacial score (nSPS) is 12.4. The van der Waals surface area contributed by atoms with Crippen molar-refractivity contribution in [3.8, 4) is 0 Å². The molecule has 0 bridgehead atoms. The molecule has 3 nitrogen and oxygen atoms in total. The first-order chi connectivity index (χ1) is 5.71. The molecule has 88 valence electrons. The maximum atomic E-state index is 5.55. The van der Waals surface area contributed by atoms with Crippen molar-refractivity contribution in [1.29, 1.82) is 0 Å². The van der Waals surface area contributed by atoms with E-state index in [1.54, 1.807) is 0 Å². The van der Waals surface area contributed by atoms with Crippen LogP contribution in [0.5, 0.6) is 0 Å². The van der Waals surface area contributed by atoms with Crippen LogP contribution < -0.4 is 12.4 Å². The van der Waals surface area contributed by atoms with E-state index in [1.807, 2.05) is 0 Å². The Hall–Kier alpha value is 0.170. The Morgan fingerprint density at radius 1 is 0.714 bits per heavy atom. The Labute approximate surface area is 95.2 Å². The number of likely N-dealkylation sites (N-methyl/N-ethyl adjacent to an activating group) is 2. The quantitative estimate of drug-likeness (QED) is 0.357. The monoisotopic (exact) mass is 225 g/mol. The van der Waals surface area contributed by atoms with Gasteiger partial charge in [0.2, 0.25) is 0 Å². The largest absolute Gasteiger partial charge is 1.00 e. The lowest BCUT2D eigenvalue weighted by atomic mass is 10.5. The van der Waals surface area contributed by atoms with Crippen LogP contribution >= 0.6 is 0 Å². The minimum atomic E-state index is 0. The third kappa shape index (κ3) is 14.7. The molecule has 4 heteroatoms. The molecule has 14 heavy (non-hydrogen) atoms. The highest BCUT2D eigenvalue weighted by Crippen LogP contribution is 1.92. The van der Waals surface area contributed by atoms with Gasteiger partial charge >= 0.3 is 0 Å². The summed E-state index contributed by atoms with van der Waals surface area (Å²) in [5.74, 6) is 0. The van der Waals surface area contributed by atoms with Gasteiger partial charge in [0.25, 0.3) is 0 Å². The highest BCUT2D eigenvalue weighted by Gasteiger charge is 2.08. The van der Waals surface area contributed by atoms with Crippen molar-refractivity contribution in [2.45, 2.75) is 0 Å². The van der Waals surface area contributed by atoms with E-state index in [0.29, 0.717) is 0 Å². The number of ether oxygens (including phenoxy) is 1. The van der Waals surface area contributed by atoms with Gasteiger partial charge in [0, 0.05) is 0 Å². The van der Waals surface area contributed by atoms with Crippen molar-refractivity contribution >= 4 is 0 Å². The van der Waals surface area contributed by atoms with Crippen LogP contribution in [0.1, 0.15) is 0 Å². The van der Waals surface area contributed by atoms with Crippen LogP contribution in [0.15, 0.2) is 0 Å². The molecule has 0 aliphatic carbocycles. The summed E-state index contributed by atoms with van der Waals surface area (Å²) in [5.41, 5.74) is 0. The molecule has 0 aromatic carbocycles. The molecule has 0 saturated heterocycles. The number of hydrogen-bond donors (Lipinski definition) is 0. The summed E-state index contributed by atoms with van der Waals surface area (Å²) in [6.07, 6.45) is 0. The SMILES string of the molecule is C[N+](C)(C)CCOCC[N+](C)(C)C.[Cl-]. The lowest BCUT2D eigenvalue weighted by molar-refractivity contribution is -0.874. The molecule has 0 aliphatic heterocycles. The number of quaternary nitrogens is 2. The Morgan fingerprint density at radius 2 is 1.00 bits per heavy atom. The summed E-state index contributed by atoms with van der Waals surface area (Å²) in [6, 6.07) is 0. The fourth-order valence-electron chi connectivity index (χ4n) is 0.779. The second-order valence-corrected chi connectivity index (χ2v) is 5.64. The minimum Gasteiger partial charge on any atom is -1.00 e. The van der Waals surface area contributed by atoms with Gasteiger partial charge in [-0.05, 0) is 0 Å². The topological polar surface area (TPSA) is 9.23 Å². The third-order valence-corrected chi connectivity index (χ3v) is 1.81. The van der Waals surface area contributed by atoms with Crippen LogP contribution in [-0.4, -0.2) is 77.6 Å². The first kappa shape index (κ1) is 16.6. The maximum Gasteiger partial charge on any atom is 0.102 e. The zero-order valence-electron chi connectivity index (χ0n) is 10.5. The molecule has 0 atom stereocenters. The second-order valence-electron chi connectivity index (χ2n) is 5.64. The number of halogens is 1. The zero-order chi connectivity index (χ0) is 10.5. The fraction of sp³-hybridized carbons (Fsp3) is 1.00. The van der Waals surface area contributed by atoms with E-state index in [-0.39, 0.29) is 12.4 Å². The highest BCUT2D eigenvalue weighted by molar-refractivity contribution is 4.31. The van der Waals surface area contributed by atoms with Crippen LogP contribution in [0.4, 0.5) is 0 Å². The Balaban J connectivity index is 0. The average Bonchev–Trinajstić information content (AvgIpc) is 1.81. The van der Waals surface area contributed by atoms with Gasteiger partial charge in [-0.15, -0.1) is 0 Å². The predicted octanol–water partition coefficient (Wildman–Crippen LogP) is -2.58. The van der Waals surface area contributed by atoms with Gasteiger partial charge in [-0.2, -0.15) is 0 Å². The van der Waals surface area contributed by atoms with Gasteiger partial charge in [-0.3, -0.25) is 0 Å². The molecule has 0 rings (SSSR count). The summed E-state index contributed by atoms with van der Waals surface area (Å²) >= 11 is 0. The van der Waals surface area contributed by atoms with Crippen molar-refractivity contribution in [2.75, 3.05) is 68.6 Å². The van der Waals surface area contributed by atoms with Crippen LogP contribution in [-0.2, 0) is 4.74 Å². The Bertz CT molecular complexity index is 122. The van der Waals surface area contributed by atoms with Crippen molar-refractivity contribution in [2.24, 2.45) is 0 Å². The first-order valence-corrected chi connectivity index (χ1v) is 4.89. The molecule has 0 aromatic rings. The van der Waals surface area contributed by atoms with Crippen LogP contribution in [0.2, 0.25) is 0 Å². The van der Waals surface area contributed by atoms with Gasteiger partial charge in [0.1, 0.15) is 13.1 Å². The molecule has 0 heterocycles. The number of hydrogen-bond acceptors (Lipinski definition) is 1. The summed E-state index contributed by atoms with van der Waals surface area (Å²) in [7, 11) is 13.1. The standard InChI is InChI=1S/C10H26N2O.ClH/c1-11(2,3)7-9-13-10-8-12(4,5)6;/h7-10H2,1-6H3;1H/q+2;/p-1. The van der Waals surface area contributed by atoms with Gasteiger partial charge in [0.05, 0.1) is 55.5 Å². The lowest BCUT2D eigenvalue weighted by Gasteiger charge is -2.25. The molecule has 0 unspecified atom stereocenters. The predicted molar refractivity (Wildman–Crippen MR) is 56.6 cm³/mol. The van der Waals surface area contributed by atoms with E-state index in [0.717, 1.165) is 35.3 Å². The molecular weight excluding hydrogens is 200 g/mol. The van der Waals surface area contributed by atoms with Crippen molar-refractivity contribution < 1.29 is 26.1 Å². The smallest absolute Gasteiger partial charge is 0.102 e. The molecule has 0 spiro atoms. The molecule has 0 saturated carbocycles. The van der Waals surface area contributed by atoms with E-state index < -0.39 is 0 Å². The third-order valence-electron chi connectivity index (χ3n) is 1.81. The number of nitrogens with zero attached hydrogens (tertiary/aromatic N) is 2. The maximum absolute atomic E-state index is 5.55. The molecule has 0 fully saturated rings. The molecule has 0 amide bonds. The van der Waals surface area contributed by atoms with Gasteiger partial charge in [-0.25, -0.2) is 0 Å². The van der Waals surface area contributed by atoms with Crippen LogP contribution in [0.25, 0.3) is 0 Å². The van der Waals surface area contributed by atoms with E-state index in [1.165, 1.54) is 0 Å². The van der Waals surface area contributed by atoms with Gasteiger partial charge in [0.15, 0.2) is 0 Å². The van der Waals surface area contributed by atoms with Crippen LogP contribution in [0.3, 0.4) is 0 Å². The Kier molecular flexibility index (Phi) is 7.84. The molecular formula is C10H26ClN2O+. The summed E-state index contributed by atoms with van der Waals surface area (Å²) in [4.78, 5) is 0. The second kappa shape index (κ2) is 6.62. The fourth-order valence-corrected chi connectivity index (χ4v) is 0.779. The van der Waals surface area contributed by atoms with Gasteiger partial charge in [-0.1, -0.05) is 0 Å². The van der Waals surface area contributed by atoms with Crippen LogP contribution in [0, 0.1) is 0 Å². The lowest BCUT2D eigenvalue weighted by Crippen LogP contribution is -3.00. The average molecular weight is 226 g/mol. The summed E-state index contributed by atoms with van der Waals surface area (Å²) in [5, 5.41) is 0. The molecule has 0 radical (unpaired) electrons. The summed E-state index contributed by atoms with van der Waals surface area (Å²) in [6.45, 7) is 3.89.